The highest BCUT2D eigenvalue weighted by atomic mass is 16.5. The van der Waals surface area contributed by atoms with Gasteiger partial charge >= 0.3 is 11.9 Å². The number of carbonyl (C=O) groups is 2. The summed E-state index contributed by atoms with van der Waals surface area (Å²) in [5.74, 6) is -0.797. The minimum Gasteiger partial charge on any atom is -0.481 e. The number of carbonyl (C=O) groups excluding carboxylic acids is 1. The summed E-state index contributed by atoms with van der Waals surface area (Å²) in [6.07, 6.45) is 0.374. The molecule has 0 atom stereocenters. The van der Waals surface area contributed by atoms with Gasteiger partial charge in [0, 0.05) is 18.2 Å². The van der Waals surface area contributed by atoms with Crippen LogP contribution < -0.4 is 4.74 Å². The maximum Gasteiger partial charge on any atom is 0.311 e. The van der Waals surface area contributed by atoms with Crippen LogP contribution in [-0.2, 0) is 9.59 Å². The van der Waals surface area contributed by atoms with Crippen LogP contribution in [0.15, 0.2) is 42.5 Å². The molecule has 0 spiro atoms. The Hall–Kier alpha value is -2.36. The van der Waals surface area contributed by atoms with E-state index in [0.717, 1.165) is 10.8 Å². The van der Waals surface area contributed by atoms with Gasteiger partial charge in [-0.3, -0.25) is 9.59 Å². The Bertz CT molecular complexity index is 599. The zero-order chi connectivity index (χ0) is 13.7. The highest BCUT2D eigenvalue weighted by Crippen LogP contribution is 2.25. The van der Waals surface area contributed by atoms with E-state index >= 15 is 0 Å². The van der Waals surface area contributed by atoms with Crippen LogP contribution in [0.5, 0.6) is 5.75 Å². The Labute approximate surface area is 110 Å². The summed E-state index contributed by atoms with van der Waals surface area (Å²) < 4.78 is 5.28. The van der Waals surface area contributed by atoms with E-state index in [-0.39, 0.29) is 12.8 Å². The van der Waals surface area contributed by atoms with Crippen LogP contribution in [0, 0.1) is 0 Å². The molecular formula is C15H14O4. The van der Waals surface area contributed by atoms with Gasteiger partial charge in [0.05, 0.1) is 0 Å². The van der Waals surface area contributed by atoms with Crippen molar-refractivity contribution in [2.24, 2.45) is 0 Å². The van der Waals surface area contributed by atoms with E-state index in [0.29, 0.717) is 12.2 Å². The minimum atomic E-state index is -0.905. The number of hydrogen-bond donors (Lipinski definition) is 1. The van der Waals surface area contributed by atoms with Crippen LogP contribution in [-0.4, -0.2) is 17.0 Å². The Morgan fingerprint density at radius 2 is 1.74 bits per heavy atom. The van der Waals surface area contributed by atoms with Gasteiger partial charge in [-0.2, -0.15) is 0 Å². The van der Waals surface area contributed by atoms with Gasteiger partial charge in [-0.05, 0) is 17.9 Å². The summed E-state index contributed by atoms with van der Waals surface area (Å²) in [6, 6.07) is 13.1. The van der Waals surface area contributed by atoms with Crippen molar-refractivity contribution in [3.8, 4) is 5.75 Å². The third-order valence-corrected chi connectivity index (χ3v) is 2.74. The van der Waals surface area contributed by atoms with E-state index in [1.807, 2.05) is 36.4 Å². The Morgan fingerprint density at radius 3 is 2.53 bits per heavy atom. The van der Waals surface area contributed by atoms with Crippen molar-refractivity contribution in [2.45, 2.75) is 19.3 Å². The molecule has 4 nitrogen and oxygen atoms in total. The highest BCUT2D eigenvalue weighted by molar-refractivity contribution is 5.90. The van der Waals surface area contributed by atoms with Gasteiger partial charge in [0.15, 0.2) is 0 Å². The van der Waals surface area contributed by atoms with Crippen molar-refractivity contribution in [3.05, 3.63) is 42.5 Å². The van der Waals surface area contributed by atoms with E-state index in [9.17, 15) is 9.59 Å². The maximum absolute atomic E-state index is 11.6. The average Bonchev–Trinajstić information content (AvgIpc) is 2.39. The van der Waals surface area contributed by atoms with Crippen LogP contribution in [0.1, 0.15) is 19.3 Å². The quantitative estimate of drug-likeness (QED) is 0.661. The second-order valence-electron chi connectivity index (χ2n) is 4.20. The SMILES string of the molecule is O=C(O)CCCC(=O)Oc1cccc2ccccc12. The molecule has 2 rings (SSSR count). The normalized spacial score (nSPS) is 10.3. The summed E-state index contributed by atoms with van der Waals surface area (Å²) in [7, 11) is 0. The molecule has 0 saturated carbocycles. The number of aliphatic carboxylic acids is 1. The van der Waals surface area contributed by atoms with Gasteiger partial charge in [0.1, 0.15) is 5.75 Å². The molecule has 0 unspecified atom stereocenters. The van der Waals surface area contributed by atoms with Crippen LogP contribution in [0.4, 0.5) is 0 Å². The number of ether oxygens (including phenoxy) is 1. The summed E-state index contributed by atoms with van der Waals surface area (Å²) in [6.45, 7) is 0. The molecule has 0 amide bonds. The molecule has 0 aromatic heterocycles. The second kappa shape index (κ2) is 6.00. The van der Waals surface area contributed by atoms with E-state index in [1.165, 1.54) is 0 Å². The lowest BCUT2D eigenvalue weighted by molar-refractivity contribution is -0.137. The highest BCUT2D eigenvalue weighted by Gasteiger charge is 2.08. The monoisotopic (exact) mass is 258 g/mol. The molecule has 0 heterocycles. The lowest BCUT2D eigenvalue weighted by Crippen LogP contribution is -2.08. The Balaban J connectivity index is 2.05. The smallest absolute Gasteiger partial charge is 0.311 e. The van der Waals surface area contributed by atoms with Crippen molar-refractivity contribution in [2.75, 3.05) is 0 Å². The average molecular weight is 258 g/mol. The van der Waals surface area contributed by atoms with Crippen molar-refractivity contribution in [1.82, 2.24) is 0 Å². The summed E-state index contributed by atoms with van der Waals surface area (Å²) in [4.78, 5) is 22.0. The summed E-state index contributed by atoms with van der Waals surface area (Å²) in [5, 5.41) is 10.4. The van der Waals surface area contributed by atoms with Gasteiger partial charge in [0.25, 0.3) is 0 Å². The van der Waals surface area contributed by atoms with E-state index in [4.69, 9.17) is 9.84 Å². The second-order valence-corrected chi connectivity index (χ2v) is 4.20. The van der Waals surface area contributed by atoms with Gasteiger partial charge in [-0.1, -0.05) is 36.4 Å². The molecule has 1 N–H and O–H groups in total. The van der Waals surface area contributed by atoms with Crippen LogP contribution >= 0.6 is 0 Å². The third-order valence-electron chi connectivity index (χ3n) is 2.74. The van der Waals surface area contributed by atoms with E-state index < -0.39 is 11.9 Å². The topological polar surface area (TPSA) is 63.6 Å². The van der Waals surface area contributed by atoms with Crippen LogP contribution in [0.25, 0.3) is 10.8 Å². The largest absolute Gasteiger partial charge is 0.481 e. The van der Waals surface area contributed by atoms with E-state index in [1.54, 1.807) is 6.07 Å². The van der Waals surface area contributed by atoms with Gasteiger partial charge in [0.2, 0.25) is 0 Å². The minimum absolute atomic E-state index is 0.0232. The molecule has 0 aliphatic heterocycles. The molecule has 2 aromatic rings. The molecule has 0 aliphatic carbocycles. The van der Waals surface area contributed by atoms with Crippen molar-refractivity contribution in [3.63, 3.8) is 0 Å². The van der Waals surface area contributed by atoms with Crippen molar-refractivity contribution < 1.29 is 19.4 Å². The zero-order valence-corrected chi connectivity index (χ0v) is 10.3. The molecule has 19 heavy (non-hydrogen) atoms. The predicted molar refractivity (Wildman–Crippen MR) is 71.1 cm³/mol. The molecule has 0 fully saturated rings. The fourth-order valence-electron chi connectivity index (χ4n) is 1.84. The number of carboxylic acids is 1. The van der Waals surface area contributed by atoms with Gasteiger partial charge in [-0.15, -0.1) is 0 Å². The first kappa shape index (κ1) is 13.1. The number of hydrogen-bond acceptors (Lipinski definition) is 3. The number of fused-ring (bicyclic) bond motifs is 1. The summed E-state index contributed by atoms with van der Waals surface area (Å²) >= 11 is 0. The molecule has 0 bridgehead atoms. The molecular weight excluding hydrogens is 244 g/mol. The van der Waals surface area contributed by atoms with E-state index in [2.05, 4.69) is 0 Å². The van der Waals surface area contributed by atoms with Gasteiger partial charge in [-0.25, -0.2) is 0 Å². The fourth-order valence-corrected chi connectivity index (χ4v) is 1.84. The van der Waals surface area contributed by atoms with Gasteiger partial charge < -0.3 is 9.84 Å². The Morgan fingerprint density at radius 1 is 1.00 bits per heavy atom. The lowest BCUT2D eigenvalue weighted by Gasteiger charge is -2.07. The van der Waals surface area contributed by atoms with Crippen LogP contribution in [0.2, 0.25) is 0 Å². The molecule has 4 heteroatoms. The standard InChI is InChI=1S/C15H14O4/c16-14(17)9-4-10-15(18)19-13-8-3-6-11-5-1-2-7-12(11)13/h1-3,5-8H,4,9-10H2,(H,16,17). The van der Waals surface area contributed by atoms with Crippen molar-refractivity contribution in [1.29, 1.82) is 0 Å². The first-order valence-corrected chi connectivity index (χ1v) is 6.07. The number of rotatable bonds is 5. The number of carboxylic acid groups (broad SMARTS) is 1. The molecule has 0 aliphatic rings. The van der Waals surface area contributed by atoms with Crippen molar-refractivity contribution >= 4 is 22.7 Å². The molecule has 0 radical (unpaired) electrons. The fraction of sp³-hybridized carbons (Fsp3) is 0.200. The summed E-state index contributed by atoms with van der Waals surface area (Å²) in [5.41, 5.74) is 0. The number of benzene rings is 2. The zero-order valence-electron chi connectivity index (χ0n) is 10.3. The lowest BCUT2D eigenvalue weighted by atomic mass is 10.1. The third kappa shape index (κ3) is 3.55. The predicted octanol–water partition coefficient (Wildman–Crippen LogP) is 3.00. The Kier molecular flexibility index (Phi) is 4.13. The first-order valence-electron chi connectivity index (χ1n) is 6.07. The van der Waals surface area contributed by atoms with Crippen LogP contribution in [0.3, 0.4) is 0 Å². The molecule has 98 valence electrons. The first-order chi connectivity index (χ1) is 9.16. The maximum atomic E-state index is 11.6. The molecule has 0 saturated heterocycles. The molecule has 2 aromatic carbocycles. The number of esters is 1.